The Bertz CT molecular complexity index is 1300. The van der Waals surface area contributed by atoms with Gasteiger partial charge in [0.1, 0.15) is 6.04 Å². The Hall–Kier alpha value is -3.98. The van der Waals surface area contributed by atoms with Crippen LogP contribution in [0.25, 0.3) is 0 Å². The molecule has 22 heteroatoms. The zero-order chi connectivity index (χ0) is 39.5. The molecular formula is C29H35F12N3O7. The van der Waals surface area contributed by atoms with E-state index < -0.39 is 117 Å². The Kier molecular flexibility index (Phi) is 15.9. The predicted octanol–water partition coefficient (Wildman–Crippen LogP) is 6.00. The fraction of sp³-hybridized carbons (Fsp3) is 0.655. The summed E-state index contributed by atoms with van der Waals surface area (Å²) in [5.74, 6) is -46.6. The largest absolute Gasteiger partial charge is 0.480 e. The van der Waals surface area contributed by atoms with E-state index in [9.17, 15) is 77.0 Å². The molecule has 0 bridgehead atoms. The van der Waals surface area contributed by atoms with E-state index in [1.807, 2.05) is 5.32 Å². The summed E-state index contributed by atoms with van der Waals surface area (Å²) in [5.41, 5.74) is 0.261. The van der Waals surface area contributed by atoms with Gasteiger partial charge >= 0.3 is 59.5 Å². The van der Waals surface area contributed by atoms with Crippen LogP contribution in [0, 0.1) is 0 Å². The SMILES string of the molecule is O=C(O)CN(CC(=O)O)[C@@H](CCCCNC(=O)NCCCC(F)(F)C(F)(F)C(F)(F)C(F)(F)C(F)(F)C(F)(F)CCCc1ccccc1)C(=O)O. The summed E-state index contributed by atoms with van der Waals surface area (Å²) < 4.78 is 170. The summed E-state index contributed by atoms with van der Waals surface area (Å²) in [5, 5.41) is 31.0. The van der Waals surface area contributed by atoms with Gasteiger partial charge in [-0.05, 0) is 44.1 Å². The van der Waals surface area contributed by atoms with Crippen molar-refractivity contribution in [2.24, 2.45) is 0 Å². The number of rotatable bonds is 24. The summed E-state index contributed by atoms with van der Waals surface area (Å²) in [6, 6.07) is 4.25. The Morgan fingerprint density at radius 2 is 1.04 bits per heavy atom. The number of carboxylic acid groups (broad SMARTS) is 3. The molecule has 10 nitrogen and oxygen atoms in total. The van der Waals surface area contributed by atoms with Gasteiger partial charge in [-0.15, -0.1) is 0 Å². The first-order valence-electron chi connectivity index (χ1n) is 15.0. The lowest BCUT2D eigenvalue weighted by atomic mass is 9.88. The highest BCUT2D eigenvalue weighted by molar-refractivity contribution is 5.78. The van der Waals surface area contributed by atoms with Crippen LogP contribution in [-0.4, -0.2) is 112 Å². The van der Waals surface area contributed by atoms with Gasteiger partial charge in [0, 0.05) is 25.9 Å². The summed E-state index contributed by atoms with van der Waals surface area (Å²) >= 11 is 0. The van der Waals surface area contributed by atoms with Crippen molar-refractivity contribution in [3.8, 4) is 0 Å². The smallest absolute Gasteiger partial charge is 0.384 e. The molecule has 1 rings (SSSR count). The van der Waals surface area contributed by atoms with Crippen LogP contribution in [0.2, 0.25) is 0 Å². The summed E-state index contributed by atoms with van der Waals surface area (Å²) in [4.78, 5) is 45.8. The first kappa shape index (κ1) is 45.0. The van der Waals surface area contributed by atoms with Gasteiger partial charge in [-0.2, -0.15) is 52.7 Å². The third-order valence-corrected chi connectivity index (χ3v) is 7.45. The topological polar surface area (TPSA) is 156 Å². The van der Waals surface area contributed by atoms with Crippen LogP contribution < -0.4 is 10.6 Å². The minimum Gasteiger partial charge on any atom is -0.480 e. The molecule has 292 valence electrons. The third kappa shape index (κ3) is 11.5. The monoisotopic (exact) mass is 765 g/mol. The highest BCUT2D eigenvalue weighted by Crippen LogP contribution is 2.61. The van der Waals surface area contributed by atoms with Crippen molar-refractivity contribution in [2.45, 2.75) is 92.9 Å². The highest BCUT2D eigenvalue weighted by atomic mass is 19.4. The zero-order valence-electron chi connectivity index (χ0n) is 26.4. The van der Waals surface area contributed by atoms with Crippen LogP contribution in [0.3, 0.4) is 0 Å². The van der Waals surface area contributed by atoms with E-state index in [1.54, 1.807) is 0 Å². The van der Waals surface area contributed by atoms with Crippen molar-refractivity contribution in [3.63, 3.8) is 0 Å². The lowest BCUT2D eigenvalue weighted by molar-refractivity contribution is -0.425. The van der Waals surface area contributed by atoms with Gasteiger partial charge in [0.05, 0.1) is 13.1 Å². The molecule has 0 aromatic heterocycles. The van der Waals surface area contributed by atoms with Crippen LogP contribution >= 0.6 is 0 Å². The van der Waals surface area contributed by atoms with Crippen molar-refractivity contribution in [3.05, 3.63) is 35.9 Å². The number of aliphatic carboxylic acids is 3. The Labute approximate surface area is 282 Å². The number of amides is 2. The number of nitrogens with one attached hydrogen (secondary N) is 2. The molecule has 1 aromatic rings. The minimum atomic E-state index is -7.70. The highest BCUT2D eigenvalue weighted by Gasteiger charge is 2.89. The van der Waals surface area contributed by atoms with Crippen molar-refractivity contribution in [2.75, 3.05) is 26.2 Å². The molecule has 0 fully saturated rings. The van der Waals surface area contributed by atoms with E-state index in [1.165, 1.54) is 30.3 Å². The zero-order valence-corrected chi connectivity index (χ0v) is 26.4. The molecule has 5 N–H and O–H groups in total. The van der Waals surface area contributed by atoms with E-state index in [0.29, 0.717) is 4.90 Å². The number of nitrogens with zero attached hydrogens (tertiary/aromatic N) is 1. The van der Waals surface area contributed by atoms with E-state index in [-0.39, 0.29) is 31.4 Å². The molecule has 0 saturated carbocycles. The van der Waals surface area contributed by atoms with Gasteiger partial charge in [-0.3, -0.25) is 19.3 Å². The molecule has 0 unspecified atom stereocenters. The molecule has 0 spiro atoms. The number of urea groups is 1. The molecule has 0 aliphatic rings. The van der Waals surface area contributed by atoms with Crippen molar-refractivity contribution >= 4 is 23.9 Å². The molecule has 0 radical (unpaired) electrons. The molecule has 0 heterocycles. The average Bonchev–Trinajstić information content (AvgIpc) is 3.00. The van der Waals surface area contributed by atoms with Crippen LogP contribution in [0.4, 0.5) is 57.5 Å². The number of hydrogen-bond donors (Lipinski definition) is 5. The van der Waals surface area contributed by atoms with Crippen LogP contribution in [0.1, 0.15) is 50.5 Å². The Morgan fingerprint density at radius 1 is 0.608 bits per heavy atom. The second-order valence-corrected chi connectivity index (χ2v) is 11.4. The van der Waals surface area contributed by atoms with E-state index >= 15 is 0 Å². The molecule has 0 saturated heterocycles. The number of hydrogen-bond acceptors (Lipinski definition) is 5. The van der Waals surface area contributed by atoms with E-state index in [2.05, 4.69) is 5.32 Å². The first-order chi connectivity index (χ1) is 23.2. The number of alkyl halides is 12. The summed E-state index contributed by atoms with van der Waals surface area (Å²) in [7, 11) is 0. The lowest BCUT2D eigenvalue weighted by Crippen LogP contribution is -2.70. The van der Waals surface area contributed by atoms with Gasteiger partial charge in [0.2, 0.25) is 0 Å². The molecule has 51 heavy (non-hydrogen) atoms. The van der Waals surface area contributed by atoms with Crippen molar-refractivity contribution in [1.82, 2.24) is 15.5 Å². The molecule has 2 amide bonds. The molecule has 1 atom stereocenters. The Balaban J connectivity index is 2.72. The maximum absolute atomic E-state index is 14.2. The Morgan fingerprint density at radius 3 is 1.47 bits per heavy atom. The summed E-state index contributed by atoms with van der Waals surface area (Å²) in [6.07, 6.45) is -7.66. The van der Waals surface area contributed by atoms with Crippen molar-refractivity contribution < 1.29 is 87.2 Å². The fourth-order valence-electron chi connectivity index (χ4n) is 4.65. The van der Waals surface area contributed by atoms with Gasteiger partial charge in [-0.25, -0.2) is 4.79 Å². The standard InChI is InChI=1S/C29H35F12N3O7/c30-24(31,12-6-10-18-8-2-1-3-9-18)26(34,35)28(38,39)29(40,41)27(36,37)25(32,33)13-7-15-43-23(51)42-14-5-4-11-19(22(49)50)44(16-20(45)46)17-21(47)48/h1-3,8-9,19H,4-7,10-17H2,(H,45,46)(H,47,48)(H,49,50)(H2,42,43,51)/t19-/m0/s1. The van der Waals surface area contributed by atoms with Gasteiger partial charge in [-0.1, -0.05) is 30.3 Å². The van der Waals surface area contributed by atoms with Crippen molar-refractivity contribution in [1.29, 1.82) is 0 Å². The predicted molar refractivity (Wildman–Crippen MR) is 152 cm³/mol. The molecule has 0 aliphatic heterocycles. The minimum absolute atomic E-state index is 0.0184. The second-order valence-electron chi connectivity index (χ2n) is 11.4. The fourth-order valence-corrected chi connectivity index (χ4v) is 4.65. The molecule has 1 aromatic carbocycles. The van der Waals surface area contributed by atoms with Crippen LogP contribution in [-0.2, 0) is 20.8 Å². The summed E-state index contributed by atoms with van der Waals surface area (Å²) in [6.45, 7) is -3.11. The number of benzene rings is 1. The van der Waals surface area contributed by atoms with Gasteiger partial charge in [0.15, 0.2) is 0 Å². The van der Waals surface area contributed by atoms with Crippen LogP contribution in [0.15, 0.2) is 30.3 Å². The molecular weight excluding hydrogens is 730 g/mol. The number of halogens is 12. The first-order valence-corrected chi connectivity index (χ1v) is 15.0. The maximum atomic E-state index is 14.2. The lowest BCUT2D eigenvalue weighted by Gasteiger charge is -2.41. The molecule has 0 aliphatic carbocycles. The number of carboxylic acids is 3. The number of carbonyl (C=O) groups is 4. The normalized spacial score (nSPS) is 13.9. The second kappa shape index (κ2) is 18.0. The van der Waals surface area contributed by atoms with Gasteiger partial charge < -0.3 is 26.0 Å². The van der Waals surface area contributed by atoms with E-state index in [4.69, 9.17) is 10.2 Å². The number of unbranched alkanes of at least 4 members (excludes halogenated alkanes) is 1. The number of carbonyl (C=O) groups excluding carboxylic acids is 1. The average molecular weight is 766 g/mol. The number of aryl methyl sites for hydroxylation is 1. The maximum Gasteiger partial charge on any atom is 0.384 e. The van der Waals surface area contributed by atoms with E-state index in [0.717, 1.165) is 0 Å². The quantitative estimate of drug-likeness (QED) is 0.0635. The van der Waals surface area contributed by atoms with Gasteiger partial charge in [0.25, 0.3) is 0 Å². The third-order valence-electron chi connectivity index (χ3n) is 7.45. The van der Waals surface area contributed by atoms with Crippen LogP contribution in [0.5, 0.6) is 0 Å².